The number of guanidine groups is 1. The Hall–Kier alpha value is -8.84. The lowest BCUT2D eigenvalue weighted by Gasteiger charge is -2.27. The van der Waals surface area contributed by atoms with Gasteiger partial charge in [-0.1, -0.05) is 76.2 Å². The maximum absolute atomic E-state index is 14.3. The molecule has 7 atom stereocenters. The fourth-order valence-corrected chi connectivity index (χ4v) is 8.30. The molecule has 2 heterocycles. The van der Waals surface area contributed by atoms with Crippen LogP contribution in [0.25, 0.3) is 10.9 Å². The fraction of sp³-hybridized carbons (Fsp3) is 0.462. The maximum atomic E-state index is 14.3. The number of primary amides is 2. The summed E-state index contributed by atoms with van der Waals surface area (Å²) < 4.78 is 0. The highest BCUT2D eigenvalue weighted by molar-refractivity contribution is 5.98. The predicted molar refractivity (Wildman–Crippen MR) is 288 cm³/mol. The summed E-state index contributed by atoms with van der Waals surface area (Å²) in [5.41, 5.74) is 24.7. The molecular formula is C52H74N16O10. The monoisotopic (exact) mass is 1080 g/mol. The number of aromatic amines is 2. The van der Waals surface area contributed by atoms with Crippen molar-refractivity contribution in [3.05, 3.63) is 90.1 Å². The highest BCUT2D eigenvalue weighted by Crippen LogP contribution is 2.19. The van der Waals surface area contributed by atoms with E-state index in [1.54, 1.807) is 64.2 Å². The first-order valence-corrected chi connectivity index (χ1v) is 25.6. The summed E-state index contributed by atoms with van der Waals surface area (Å²) in [5, 5.41) is 21.7. The smallest absolute Gasteiger partial charge is 0.243 e. The summed E-state index contributed by atoms with van der Waals surface area (Å²) in [5.74, 6) is -8.40. The van der Waals surface area contributed by atoms with E-state index in [1.165, 1.54) is 19.4 Å². The summed E-state index contributed by atoms with van der Waals surface area (Å²) >= 11 is 0. The zero-order valence-corrected chi connectivity index (χ0v) is 44.5. The molecule has 0 aliphatic carbocycles. The fourth-order valence-electron chi connectivity index (χ4n) is 8.30. The average Bonchev–Trinajstić information content (AvgIpc) is 4.06. The van der Waals surface area contributed by atoms with Gasteiger partial charge in [0, 0.05) is 68.1 Å². The van der Waals surface area contributed by atoms with Gasteiger partial charge >= 0.3 is 0 Å². The van der Waals surface area contributed by atoms with Crippen molar-refractivity contribution < 1.29 is 47.9 Å². The molecule has 0 fully saturated rings. The van der Waals surface area contributed by atoms with Crippen LogP contribution in [0.15, 0.2) is 78.3 Å². The molecule has 0 saturated heterocycles. The highest BCUT2D eigenvalue weighted by Gasteiger charge is 2.34. The molecule has 2 aromatic carbocycles. The third kappa shape index (κ3) is 20.7. The van der Waals surface area contributed by atoms with Crippen LogP contribution in [0.4, 0.5) is 0 Å². The van der Waals surface area contributed by atoms with Crippen molar-refractivity contribution in [1.29, 1.82) is 0 Å². The summed E-state index contributed by atoms with van der Waals surface area (Å²) in [7, 11) is 0. The van der Waals surface area contributed by atoms with E-state index >= 15 is 0 Å². The number of imidazole rings is 1. The van der Waals surface area contributed by atoms with E-state index in [9.17, 15) is 47.9 Å². The number of carbonyl (C=O) groups excluding carboxylic acids is 10. The first-order chi connectivity index (χ1) is 37.0. The lowest BCUT2D eigenvalue weighted by molar-refractivity contribution is -0.135. The third-order valence-corrected chi connectivity index (χ3v) is 12.3. The number of nitrogens with two attached hydrogens (primary N) is 4. The van der Waals surface area contributed by atoms with Crippen molar-refractivity contribution in [2.45, 2.75) is 128 Å². The number of hydrogen-bond acceptors (Lipinski definition) is 12. The molecule has 0 saturated carbocycles. The maximum Gasteiger partial charge on any atom is 0.243 e. The van der Waals surface area contributed by atoms with Gasteiger partial charge in [-0.3, -0.25) is 52.9 Å². The van der Waals surface area contributed by atoms with Crippen LogP contribution in [0.2, 0.25) is 0 Å². The van der Waals surface area contributed by atoms with Crippen molar-refractivity contribution in [2.75, 3.05) is 13.1 Å². The van der Waals surface area contributed by atoms with E-state index in [2.05, 4.69) is 62.5 Å². The predicted octanol–water partition coefficient (Wildman–Crippen LogP) is -2.04. The number of nitrogens with one attached hydrogen (secondary N) is 10. The number of aromatic nitrogens is 3. The molecule has 0 radical (unpaired) electrons. The Morgan fingerprint density at radius 1 is 0.615 bits per heavy atom. The molecule has 2 aromatic heterocycles. The molecule has 422 valence electrons. The number of aliphatic imine (C=N–C) groups is 1. The van der Waals surface area contributed by atoms with Crippen molar-refractivity contribution in [1.82, 2.24) is 57.5 Å². The number of fused-ring (bicyclic) bond motifs is 1. The Balaban J connectivity index is 1.52. The molecular weight excluding hydrogens is 1010 g/mol. The van der Waals surface area contributed by atoms with Crippen LogP contribution >= 0.6 is 0 Å². The van der Waals surface area contributed by atoms with E-state index in [4.69, 9.17) is 22.9 Å². The number of carbonyl (C=O) groups is 10. The molecule has 0 spiro atoms. The number of amides is 10. The topological polar surface area (TPSA) is 428 Å². The van der Waals surface area contributed by atoms with E-state index in [-0.39, 0.29) is 75.7 Å². The first kappa shape index (κ1) is 61.7. The second-order valence-electron chi connectivity index (χ2n) is 19.6. The van der Waals surface area contributed by atoms with Gasteiger partial charge in [0.1, 0.15) is 42.3 Å². The number of nitrogens with zero attached hydrogens (tertiary/aromatic N) is 2. The van der Waals surface area contributed by atoms with Crippen LogP contribution in [-0.4, -0.2) is 135 Å². The lowest BCUT2D eigenvalue weighted by Crippen LogP contribution is -2.59. The molecule has 0 aliphatic heterocycles. The van der Waals surface area contributed by atoms with Crippen molar-refractivity contribution in [3.8, 4) is 0 Å². The molecule has 18 N–H and O–H groups in total. The summed E-state index contributed by atoms with van der Waals surface area (Å²) in [6.07, 6.45) is 3.87. The zero-order valence-electron chi connectivity index (χ0n) is 44.5. The molecule has 78 heavy (non-hydrogen) atoms. The van der Waals surface area contributed by atoms with Gasteiger partial charge in [0.15, 0.2) is 5.96 Å². The Morgan fingerprint density at radius 3 is 1.81 bits per heavy atom. The van der Waals surface area contributed by atoms with Gasteiger partial charge in [0.2, 0.25) is 59.1 Å². The Morgan fingerprint density at radius 2 is 1.21 bits per heavy atom. The number of H-pyrrole nitrogens is 2. The largest absolute Gasteiger partial charge is 0.370 e. The second kappa shape index (κ2) is 30.6. The SMILES string of the molecule is CC(=O)N[C@H](C(=O)N[C@@H](CCCN=C(N)N)C(=O)N[C@@H](CC(C)C)C(=O)NCC(=O)N[C@@H](Cc1ccccc1)C(=O)N[C@@H](CCC(N)=O)C(=O)N[C@@H](Cc1cnc[nH]1)C(=O)N[C@@H](Cc1c[nH]c2ccccc12)C(N)=O)C(C)C. The van der Waals surface area contributed by atoms with Crippen LogP contribution in [-0.2, 0) is 67.2 Å². The molecule has 4 aromatic rings. The van der Waals surface area contributed by atoms with E-state index in [0.29, 0.717) is 16.8 Å². The molecule has 4 rings (SSSR count). The Labute approximate surface area is 451 Å². The van der Waals surface area contributed by atoms with Crippen LogP contribution in [0.1, 0.15) is 83.5 Å². The van der Waals surface area contributed by atoms with Gasteiger partial charge in [0.25, 0.3) is 0 Å². The number of rotatable bonds is 32. The summed E-state index contributed by atoms with van der Waals surface area (Å²) in [6, 6.07) is 6.97. The van der Waals surface area contributed by atoms with Gasteiger partial charge in [-0.15, -0.1) is 0 Å². The Kier molecular flexibility index (Phi) is 24.2. The quantitative estimate of drug-likeness (QED) is 0.0143. The summed E-state index contributed by atoms with van der Waals surface area (Å²) in [6.45, 7) is 7.74. The Bertz CT molecular complexity index is 2720. The number of hydrogen-bond donors (Lipinski definition) is 14. The second-order valence-corrected chi connectivity index (χ2v) is 19.6. The average molecular weight is 1080 g/mol. The van der Waals surface area contributed by atoms with E-state index in [0.717, 1.165) is 10.9 Å². The van der Waals surface area contributed by atoms with Crippen LogP contribution in [0.5, 0.6) is 0 Å². The molecule has 0 bridgehead atoms. The highest BCUT2D eigenvalue weighted by atomic mass is 16.2. The van der Waals surface area contributed by atoms with Gasteiger partial charge < -0.3 is 75.4 Å². The van der Waals surface area contributed by atoms with Crippen LogP contribution in [0, 0.1) is 11.8 Å². The standard InChI is InChI=1S/C52H74N16O10/c1-28(2)20-39(67-47(74)36(16-11-19-58-52(55)56)65-51(78)44(29(3)4)62-30(5)69)46(73)60-26-43(71)63-40(21-31-12-7-6-8-13-31)49(76)64-37(17-18-42(53)70)48(75)68-41(23-33-25-57-27-61-33)50(77)66-38(45(54)72)22-32-24-59-35-15-10-9-14-34(32)35/h6-10,12-15,24-25,27-29,36-41,44,59H,11,16-23,26H2,1-5H3,(H2,53,70)(H2,54,72)(H,57,61)(H,60,73)(H,62,69)(H,63,71)(H,64,76)(H,65,78)(H,66,77)(H,67,74)(H,68,75)(H4,55,56,58)/t36-,37-,38-,39-,40-,41-,44-/m0/s1. The van der Waals surface area contributed by atoms with E-state index < -0.39 is 108 Å². The summed E-state index contributed by atoms with van der Waals surface area (Å²) in [4.78, 5) is 148. The zero-order chi connectivity index (χ0) is 57.5. The normalized spacial score (nSPS) is 13.8. The van der Waals surface area contributed by atoms with Crippen molar-refractivity contribution in [2.24, 2.45) is 39.8 Å². The minimum absolute atomic E-state index is 0.00733. The number of para-hydroxylation sites is 1. The van der Waals surface area contributed by atoms with Crippen molar-refractivity contribution >= 4 is 75.9 Å². The molecule has 26 heteroatoms. The van der Waals surface area contributed by atoms with Gasteiger partial charge in [-0.2, -0.15) is 0 Å². The van der Waals surface area contributed by atoms with Crippen LogP contribution < -0.4 is 65.5 Å². The van der Waals surface area contributed by atoms with Gasteiger partial charge in [-0.05, 0) is 54.7 Å². The minimum Gasteiger partial charge on any atom is -0.370 e. The van der Waals surface area contributed by atoms with Gasteiger partial charge in [-0.25, -0.2) is 4.98 Å². The third-order valence-electron chi connectivity index (χ3n) is 12.3. The lowest BCUT2D eigenvalue weighted by atomic mass is 10.0. The minimum atomic E-state index is -1.52. The van der Waals surface area contributed by atoms with Gasteiger partial charge in [0.05, 0.1) is 12.9 Å². The van der Waals surface area contributed by atoms with Crippen molar-refractivity contribution in [3.63, 3.8) is 0 Å². The van der Waals surface area contributed by atoms with E-state index in [1.807, 2.05) is 24.3 Å². The number of benzene rings is 2. The first-order valence-electron chi connectivity index (χ1n) is 25.6. The molecule has 26 nitrogen and oxygen atoms in total. The molecule has 0 aliphatic rings. The van der Waals surface area contributed by atoms with Crippen LogP contribution in [0.3, 0.4) is 0 Å². The molecule has 0 unspecified atom stereocenters. The molecule has 10 amide bonds.